The molecule has 168 valence electrons. The first-order chi connectivity index (χ1) is 13.8. The van der Waals surface area contributed by atoms with E-state index in [0.717, 1.165) is 74.2 Å². The van der Waals surface area contributed by atoms with Crippen LogP contribution in [0.15, 0.2) is 20.6 Å². The van der Waals surface area contributed by atoms with Crippen LogP contribution in [0.5, 0.6) is 0 Å². The van der Waals surface area contributed by atoms with Gasteiger partial charge in [-0.1, -0.05) is 53.4 Å². The van der Waals surface area contributed by atoms with E-state index in [1.807, 2.05) is 27.7 Å². The van der Waals surface area contributed by atoms with Crippen molar-refractivity contribution < 1.29 is 18.1 Å². The highest BCUT2D eigenvalue weighted by Crippen LogP contribution is 2.17. The summed E-state index contributed by atoms with van der Waals surface area (Å²) in [5.74, 6) is 0. The summed E-state index contributed by atoms with van der Waals surface area (Å²) >= 11 is 0. The summed E-state index contributed by atoms with van der Waals surface area (Å²) in [6.07, 6.45) is 6.96. The molecular formula is C20H40N4O4Si. The Balaban J connectivity index is 5.84. The number of hydrogen-bond donors (Lipinski definition) is 0. The summed E-state index contributed by atoms with van der Waals surface area (Å²) in [6.45, 7) is 15.8. The van der Waals surface area contributed by atoms with Gasteiger partial charge in [0.05, 0.1) is 22.8 Å². The largest absolute Gasteiger partial charge is 1.05 e. The fourth-order valence-electron chi connectivity index (χ4n) is 2.27. The van der Waals surface area contributed by atoms with E-state index >= 15 is 0 Å². The van der Waals surface area contributed by atoms with Crippen molar-refractivity contribution in [1.82, 2.24) is 0 Å². The zero-order chi connectivity index (χ0) is 22.1. The highest BCUT2D eigenvalue weighted by molar-refractivity contribution is 6.53. The number of oxime groups is 4. The molecule has 0 unspecified atom stereocenters. The zero-order valence-electron chi connectivity index (χ0n) is 19.6. The van der Waals surface area contributed by atoms with Gasteiger partial charge in [0.2, 0.25) is 0 Å². The van der Waals surface area contributed by atoms with Crippen LogP contribution in [0.2, 0.25) is 0 Å². The van der Waals surface area contributed by atoms with Crippen LogP contribution in [0, 0.1) is 0 Å². The Morgan fingerprint density at radius 3 is 0.862 bits per heavy atom. The van der Waals surface area contributed by atoms with Gasteiger partial charge in [0.25, 0.3) is 0 Å². The minimum absolute atomic E-state index is 0.791. The van der Waals surface area contributed by atoms with Crippen molar-refractivity contribution in [3.63, 3.8) is 0 Å². The highest BCUT2D eigenvalue weighted by atomic mass is 28.4. The van der Waals surface area contributed by atoms with Gasteiger partial charge in [-0.15, -0.1) is 20.6 Å². The van der Waals surface area contributed by atoms with Crippen LogP contribution in [-0.2, 0) is 18.1 Å². The average Bonchev–Trinajstić information content (AvgIpc) is 2.68. The molecular weight excluding hydrogens is 388 g/mol. The Kier molecular flexibility index (Phi) is 14.9. The molecule has 0 aliphatic heterocycles. The van der Waals surface area contributed by atoms with Crippen molar-refractivity contribution in [2.24, 2.45) is 20.6 Å². The Labute approximate surface area is 177 Å². The Morgan fingerprint density at radius 1 is 0.483 bits per heavy atom. The van der Waals surface area contributed by atoms with E-state index in [1.54, 1.807) is 0 Å². The lowest BCUT2D eigenvalue weighted by atomic mass is 10.2. The van der Waals surface area contributed by atoms with Crippen LogP contribution >= 0.6 is 0 Å². The second-order valence-electron chi connectivity index (χ2n) is 7.17. The quantitative estimate of drug-likeness (QED) is 0.166. The van der Waals surface area contributed by atoms with E-state index in [4.69, 9.17) is 18.1 Å². The third kappa shape index (κ3) is 13.0. The van der Waals surface area contributed by atoms with Crippen molar-refractivity contribution in [2.45, 2.75) is 107 Å². The minimum atomic E-state index is -3.91. The van der Waals surface area contributed by atoms with E-state index < -0.39 is 9.05 Å². The maximum absolute atomic E-state index is 5.67. The van der Waals surface area contributed by atoms with Gasteiger partial charge in [0.1, 0.15) is 0 Å². The van der Waals surface area contributed by atoms with Crippen LogP contribution < -0.4 is 0 Å². The van der Waals surface area contributed by atoms with Gasteiger partial charge in [-0.3, -0.25) is 0 Å². The summed E-state index contributed by atoms with van der Waals surface area (Å²) in [4.78, 5) is 0. The van der Waals surface area contributed by atoms with Crippen molar-refractivity contribution in [2.75, 3.05) is 0 Å². The molecule has 0 aromatic heterocycles. The van der Waals surface area contributed by atoms with E-state index in [2.05, 4.69) is 48.3 Å². The molecule has 0 aromatic carbocycles. The first kappa shape index (κ1) is 27.1. The van der Waals surface area contributed by atoms with Gasteiger partial charge < -0.3 is 18.1 Å². The fraction of sp³-hybridized carbons (Fsp3) is 0.800. The second-order valence-corrected chi connectivity index (χ2v) is 8.90. The lowest BCUT2D eigenvalue weighted by Crippen LogP contribution is -2.45. The van der Waals surface area contributed by atoms with E-state index in [0.29, 0.717) is 0 Å². The lowest BCUT2D eigenvalue weighted by Gasteiger charge is -2.18. The second kappa shape index (κ2) is 16.0. The van der Waals surface area contributed by atoms with E-state index in [-0.39, 0.29) is 0 Å². The molecule has 0 saturated heterocycles. The predicted octanol–water partition coefficient (Wildman–Crippen LogP) is 6.19. The van der Waals surface area contributed by atoms with Gasteiger partial charge in [-0.25, -0.2) is 0 Å². The third-order valence-corrected chi connectivity index (χ3v) is 4.96. The topological polar surface area (TPSA) is 86.4 Å². The standard InChI is InChI=1S/C20H40N4O4Si/c1-9-13-17(5)21-25-29(26-22-18(6)14-10-2,27-23-19(7)15-11-3)28-24-20(8)16-12-4/h9-16H2,1-8H3. The maximum atomic E-state index is 5.67. The van der Waals surface area contributed by atoms with Gasteiger partial charge in [-0.2, -0.15) is 0 Å². The molecule has 0 saturated carbocycles. The molecule has 0 amide bonds. The van der Waals surface area contributed by atoms with Crippen LogP contribution in [0.3, 0.4) is 0 Å². The van der Waals surface area contributed by atoms with Gasteiger partial charge in [0.15, 0.2) is 0 Å². The summed E-state index contributed by atoms with van der Waals surface area (Å²) in [5.41, 5.74) is 3.21. The van der Waals surface area contributed by atoms with E-state index in [9.17, 15) is 0 Å². The third-order valence-electron chi connectivity index (χ3n) is 3.70. The first-order valence-electron chi connectivity index (χ1n) is 10.7. The SMILES string of the molecule is CCCC(C)=NO[Si](ON=C(C)CCC)(ON=C(C)CCC)ON=C(C)CCC. The molecule has 8 nitrogen and oxygen atoms in total. The van der Waals surface area contributed by atoms with E-state index in [1.165, 1.54) is 0 Å². The maximum Gasteiger partial charge on any atom is 1.05 e. The molecule has 9 heteroatoms. The normalized spacial score (nSPS) is 15.7. The van der Waals surface area contributed by atoms with Gasteiger partial charge >= 0.3 is 9.05 Å². The van der Waals surface area contributed by atoms with Crippen molar-refractivity contribution in [1.29, 1.82) is 0 Å². The molecule has 0 atom stereocenters. The Hall–Kier alpha value is -1.90. The smallest absolute Gasteiger partial charge is 0.340 e. The van der Waals surface area contributed by atoms with Crippen LogP contribution in [0.1, 0.15) is 107 Å². The Bertz CT molecular complexity index is 475. The fourth-order valence-corrected chi connectivity index (χ4v) is 3.54. The predicted molar refractivity (Wildman–Crippen MR) is 122 cm³/mol. The summed E-state index contributed by atoms with van der Waals surface area (Å²) < 4.78 is 22.7. The monoisotopic (exact) mass is 428 g/mol. The molecule has 0 radical (unpaired) electrons. The Morgan fingerprint density at radius 2 is 0.690 bits per heavy atom. The highest BCUT2D eigenvalue weighted by Gasteiger charge is 2.63. The van der Waals surface area contributed by atoms with Crippen molar-refractivity contribution in [3.05, 3.63) is 0 Å². The zero-order valence-corrected chi connectivity index (χ0v) is 20.6. The summed E-state index contributed by atoms with van der Waals surface area (Å²) in [7, 11) is -3.91. The van der Waals surface area contributed by atoms with Crippen molar-refractivity contribution >= 4 is 31.9 Å². The molecule has 0 aromatic rings. The molecule has 29 heavy (non-hydrogen) atoms. The number of rotatable bonds is 16. The molecule has 0 bridgehead atoms. The summed E-state index contributed by atoms with van der Waals surface area (Å²) in [5, 5.41) is 16.6. The number of hydrogen-bond acceptors (Lipinski definition) is 8. The first-order valence-corrected chi connectivity index (χ1v) is 12.3. The van der Waals surface area contributed by atoms with Crippen LogP contribution in [-0.4, -0.2) is 31.9 Å². The minimum Gasteiger partial charge on any atom is -0.340 e. The summed E-state index contributed by atoms with van der Waals surface area (Å²) in [6, 6.07) is 0. The average molecular weight is 429 g/mol. The molecule has 0 rings (SSSR count). The van der Waals surface area contributed by atoms with Gasteiger partial charge in [0, 0.05) is 0 Å². The number of nitrogens with zero attached hydrogens (tertiary/aromatic N) is 4. The molecule has 0 heterocycles. The van der Waals surface area contributed by atoms with Crippen LogP contribution in [0.4, 0.5) is 0 Å². The molecule has 0 spiro atoms. The van der Waals surface area contributed by atoms with Crippen LogP contribution in [0.25, 0.3) is 0 Å². The van der Waals surface area contributed by atoms with Gasteiger partial charge in [-0.05, 0) is 53.4 Å². The molecule has 0 N–H and O–H groups in total. The molecule has 0 aliphatic carbocycles. The molecule has 0 fully saturated rings. The lowest BCUT2D eigenvalue weighted by molar-refractivity contribution is -0.0320. The van der Waals surface area contributed by atoms with Crippen molar-refractivity contribution in [3.8, 4) is 0 Å². The molecule has 0 aliphatic rings.